The van der Waals surface area contributed by atoms with Crippen LogP contribution in [0.3, 0.4) is 0 Å². The Balaban J connectivity index is 1.76. The van der Waals surface area contributed by atoms with Crippen molar-refractivity contribution in [1.29, 1.82) is 0 Å². The van der Waals surface area contributed by atoms with Crippen molar-refractivity contribution in [3.05, 3.63) is 65.3 Å². The zero-order chi connectivity index (χ0) is 16.4. The number of hydrogen-bond donors (Lipinski definition) is 1. The summed E-state index contributed by atoms with van der Waals surface area (Å²) in [6.45, 7) is 0.127. The fraction of sp³-hybridized carbons (Fsp3) is 0.0588. The number of nitrogens with zero attached hydrogens (tertiary/aromatic N) is 3. The van der Waals surface area contributed by atoms with Crippen LogP contribution in [-0.2, 0) is 6.61 Å². The first-order valence-corrected chi connectivity index (χ1v) is 7.70. The molecule has 0 aliphatic heterocycles. The molecule has 0 atom stereocenters. The maximum Gasteiger partial charge on any atom is 0.284 e. The van der Waals surface area contributed by atoms with Gasteiger partial charge < -0.3 is 9.15 Å². The molecule has 0 aliphatic carbocycles. The summed E-state index contributed by atoms with van der Waals surface area (Å²) in [5, 5.41) is 7.32. The predicted molar refractivity (Wildman–Crippen MR) is 91.0 cm³/mol. The summed E-state index contributed by atoms with van der Waals surface area (Å²) < 4.78 is 11.0. The Morgan fingerprint density at radius 2 is 1.79 bits per heavy atom. The number of fused-ring (bicyclic) bond motifs is 1. The summed E-state index contributed by atoms with van der Waals surface area (Å²) in [5.74, 6) is 1.44. The van der Waals surface area contributed by atoms with Gasteiger partial charge in [-0.15, -0.1) is 5.10 Å². The molecular formula is C17H12N4O2S. The number of H-pyrrole nitrogens is 1. The van der Waals surface area contributed by atoms with Gasteiger partial charge in [0.2, 0.25) is 5.88 Å². The lowest BCUT2D eigenvalue weighted by Crippen LogP contribution is -2.01. The third kappa shape index (κ3) is 2.89. The van der Waals surface area contributed by atoms with E-state index in [0.717, 1.165) is 16.5 Å². The maximum atomic E-state index is 5.81. The van der Waals surface area contributed by atoms with Crippen molar-refractivity contribution in [3.8, 4) is 17.3 Å². The highest BCUT2D eigenvalue weighted by Crippen LogP contribution is 2.26. The molecule has 0 radical (unpaired) electrons. The molecule has 4 rings (SSSR count). The summed E-state index contributed by atoms with van der Waals surface area (Å²) >= 11 is 4.86. The number of nitrogens with one attached hydrogen (secondary N) is 1. The molecule has 0 fully saturated rings. The lowest BCUT2D eigenvalue weighted by Gasteiger charge is -2.09. The zero-order valence-electron chi connectivity index (χ0n) is 12.5. The molecule has 2 aromatic heterocycles. The van der Waals surface area contributed by atoms with Crippen molar-refractivity contribution in [1.82, 2.24) is 20.2 Å². The molecule has 6 nitrogen and oxygen atoms in total. The lowest BCUT2D eigenvalue weighted by molar-refractivity contribution is 0.255. The molecule has 7 heteroatoms. The first-order chi connectivity index (χ1) is 11.8. The number of benzene rings is 2. The molecule has 2 aromatic carbocycles. The number of aromatic amines is 1. The van der Waals surface area contributed by atoms with E-state index >= 15 is 0 Å². The molecule has 0 bridgehead atoms. The van der Waals surface area contributed by atoms with Crippen molar-refractivity contribution in [2.75, 3.05) is 0 Å². The van der Waals surface area contributed by atoms with Crippen LogP contribution >= 0.6 is 12.2 Å². The standard InChI is InChI=1S/C17H12N4O2S/c24-17-21-20-14(23-17)10-22-16-12-8-4-5-9-13(12)18-15(19-16)11-6-2-1-3-7-11/h1-9H,10H2,(H,21,24). The number of rotatable bonds is 4. The second kappa shape index (κ2) is 6.21. The van der Waals surface area contributed by atoms with E-state index in [1.807, 2.05) is 54.6 Å². The second-order valence-electron chi connectivity index (χ2n) is 5.03. The van der Waals surface area contributed by atoms with Crippen molar-refractivity contribution in [2.45, 2.75) is 6.61 Å². The van der Waals surface area contributed by atoms with E-state index < -0.39 is 0 Å². The van der Waals surface area contributed by atoms with Crippen LogP contribution in [0.15, 0.2) is 59.0 Å². The molecule has 0 amide bonds. The Morgan fingerprint density at radius 1 is 1.00 bits per heavy atom. The van der Waals surface area contributed by atoms with E-state index in [0.29, 0.717) is 17.6 Å². The van der Waals surface area contributed by atoms with Crippen molar-refractivity contribution in [3.63, 3.8) is 0 Å². The average molecular weight is 336 g/mol. The Kier molecular flexibility index (Phi) is 3.76. The third-order valence-corrected chi connectivity index (χ3v) is 3.59. The molecule has 0 saturated carbocycles. The van der Waals surface area contributed by atoms with Crippen LogP contribution in [0.1, 0.15) is 5.89 Å². The Morgan fingerprint density at radius 3 is 2.58 bits per heavy atom. The van der Waals surface area contributed by atoms with Crippen LogP contribution in [0.4, 0.5) is 0 Å². The van der Waals surface area contributed by atoms with Crippen LogP contribution in [0.5, 0.6) is 5.88 Å². The fourth-order valence-corrected chi connectivity index (χ4v) is 2.47. The third-order valence-electron chi connectivity index (χ3n) is 3.42. The van der Waals surface area contributed by atoms with E-state index in [1.54, 1.807) is 0 Å². The first kappa shape index (κ1) is 14.5. The van der Waals surface area contributed by atoms with Gasteiger partial charge in [-0.05, 0) is 24.4 Å². The molecule has 118 valence electrons. The largest absolute Gasteiger partial charge is 0.467 e. The Hall–Kier alpha value is -3.06. The van der Waals surface area contributed by atoms with Gasteiger partial charge in [0, 0.05) is 5.56 Å². The zero-order valence-corrected chi connectivity index (χ0v) is 13.3. The highest BCUT2D eigenvalue weighted by atomic mass is 32.1. The van der Waals surface area contributed by atoms with Gasteiger partial charge in [-0.1, -0.05) is 42.5 Å². The van der Waals surface area contributed by atoms with Crippen molar-refractivity contribution < 1.29 is 9.15 Å². The monoisotopic (exact) mass is 336 g/mol. The predicted octanol–water partition coefficient (Wildman–Crippen LogP) is 3.92. The van der Waals surface area contributed by atoms with Gasteiger partial charge in [-0.3, -0.25) is 0 Å². The van der Waals surface area contributed by atoms with E-state index in [4.69, 9.17) is 21.4 Å². The first-order valence-electron chi connectivity index (χ1n) is 7.29. The van der Waals surface area contributed by atoms with Gasteiger partial charge in [0.15, 0.2) is 12.4 Å². The number of hydrogen-bond acceptors (Lipinski definition) is 6. The Labute approximate surface area is 142 Å². The quantitative estimate of drug-likeness (QED) is 0.569. The van der Waals surface area contributed by atoms with Crippen LogP contribution in [-0.4, -0.2) is 20.2 Å². The molecule has 24 heavy (non-hydrogen) atoms. The van der Waals surface area contributed by atoms with Gasteiger partial charge >= 0.3 is 0 Å². The molecule has 4 aromatic rings. The topological polar surface area (TPSA) is 76.8 Å². The summed E-state index contributed by atoms with van der Waals surface area (Å²) in [6, 6.07) is 17.5. The van der Waals surface area contributed by atoms with Gasteiger partial charge in [0.05, 0.1) is 10.9 Å². The van der Waals surface area contributed by atoms with Gasteiger partial charge in [0.1, 0.15) is 0 Å². The minimum atomic E-state index is 0.127. The highest BCUT2D eigenvalue weighted by molar-refractivity contribution is 7.71. The van der Waals surface area contributed by atoms with E-state index in [9.17, 15) is 0 Å². The summed E-state index contributed by atoms with van der Waals surface area (Å²) in [5.41, 5.74) is 1.73. The van der Waals surface area contributed by atoms with Crippen LogP contribution in [0.25, 0.3) is 22.3 Å². The smallest absolute Gasteiger partial charge is 0.284 e. The van der Waals surface area contributed by atoms with Crippen LogP contribution < -0.4 is 4.74 Å². The average Bonchev–Trinajstić information content (AvgIpc) is 3.05. The van der Waals surface area contributed by atoms with Gasteiger partial charge in [-0.25, -0.2) is 10.1 Å². The number of aromatic nitrogens is 4. The lowest BCUT2D eigenvalue weighted by atomic mass is 10.2. The Bertz CT molecular complexity index is 1040. The highest BCUT2D eigenvalue weighted by Gasteiger charge is 2.11. The number of para-hydroxylation sites is 1. The van der Waals surface area contributed by atoms with E-state index in [1.165, 1.54) is 0 Å². The molecule has 0 saturated heterocycles. The number of ether oxygens (including phenoxy) is 1. The molecular weight excluding hydrogens is 324 g/mol. The summed E-state index contributed by atoms with van der Waals surface area (Å²) in [4.78, 5) is 9.38. The van der Waals surface area contributed by atoms with E-state index in [2.05, 4.69) is 20.2 Å². The fourth-order valence-electron chi connectivity index (χ4n) is 2.33. The normalized spacial score (nSPS) is 10.8. The SMILES string of the molecule is S=c1[nH]nc(COc2nc(-c3ccccc3)nc3ccccc23)o1. The van der Waals surface area contributed by atoms with E-state index in [-0.39, 0.29) is 11.4 Å². The van der Waals surface area contributed by atoms with Gasteiger partial charge in [0.25, 0.3) is 10.7 Å². The van der Waals surface area contributed by atoms with Crippen molar-refractivity contribution in [2.24, 2.45) is 0 Å². The molecule has 2 heterocycles. The summed E-state index contributed by atoms with van der Waals surface area (Å²) in [7, 11) is 0. The summed E-state index contributed by atoms with van der Waals surface area (Å²) in [6.07, 6.45) is 0. The molecule has 0 aliphatic rings. The second-order valence-corrected chi connectivity index (χ2v) is 5.40. The van der Waals surface area contributed by atoms with Crippen LogP contribution in [0.2, 0.25) is 0 Å². The maximum absolute atomic E-state index is 5.81. The molecule has 0 unspecified atom stereocenters. The van der Waals surface area contributed by atoms with Crippen LogP contribution in [0, 0.1) is 4.84 Å². The molecule has 0 spiro atoms. The minimum Gasteiger partial charge on any atom is -0.467 e. The van der Waals surface area contributed by atoms with Gasteiger partial charge in [-0.2, -0.15) is 4.98 Å². The van der Waals surface area contributed by atoms with Crippen molar-refractivity contribution >= 4 is 23.1 Å². The molecule has 1 N–H and O–H groups in total. The minimum absolute atomic E-state index is 0.127.